The van der Waals surface area contributed by atoms with Crippen LogP contribution in [0.5, 0.6) is 0 Å². The van der Waals surface area contributed by atoms with Gasteiger partial charge in [-0.1, -0.05) is 58.0 Å². The molecule has 0 amide bonds. The summed E-state index contributed by atoms with van der Waals surface area (Å²) in [7, 11) is -3.79. The van der Waals surface area contributed by atoms with Gasteiger partial charge in [-0.3, -0.25) is 4.31 Å². The summed E-state index contributed by atoms with van der Waals surface area (Å²) in [6.45, 7) is 12.7. The Balaban J connectivity index is 2.31. The van der Waals surface area contributed by atoms with Gasteiger partial charge in [-0.2, -0.15) is 0 Å². The quantitative estimate of drug-likeness (QED) is 0.579. The summed E-state index contributed by atoms with van der Waals surface area (Å²) in [4.78, 5) is 2.45. The number of sulfonamides is 1. The lowest BCUT2D eigenvalue weighted by atomic mass is 10.1. The van der Waals surface area contributed by atoms with Gasteiger partial charge in [-0.25, -0.2) is 8.42 Å². The monoisotopic (exact) mass is 432 g/mol. The molecule has 0 aromatic heterocycles. The minimum atomic E-state index is -3.79. The highest BCUT2D eigenvalue weighted by Gasteiger charge is 2.28. The van der Waals surface area contributed by atoms with Crippen LogP contribution in [0.25, 0.3) is 0 Å². The minimum absolute atomic E-state index is 0.00731. The number of rotatable bonds is 11. The number of aliphatic hydroxyl groups is 1. The van der Waals surface area contributed by atoms with E-state index in [2.05, 4.69) is 32.6 Å². The third-order valence-corrected chi connectivity index (χ3v) is 6.52. The molecule has 0 heterocycles. The van der Waals surface area contributed by atoms with Crippen molar-refractivity contribution in [3.8, 4) is 0 Å². The van der Waals surface area contributed by atoms with Gasteiger partial charge in [0, 0.05) is 19.6 Å². The topological polar surface area (TPSA) is 60.9 Å². The molecular formula is C24H36N2O3S. The van der Waals surface area contributed by atoms with Crippen LogP contribution in [0.4, 0.5) is 5.69 Å². The van der Waals surface area contributed by atoms with E-state index >= 15 is 0 Å². The second-order valence-corrected chi connectivity index (χ2v) is 10.7. The number of hydrogen-bond donors (Lipinski definition) is 1. The molecule has 2 aromatic carbocycles. The first kappa shape index (κ1) is 24.4. The number of aryl methyl sites for hydroxylation is 1. The SMILES string of the molecule is Cc1cccc(N(C[C@H](O)CN(CC(C)C)CC(C)C)S(=O)(=O)c2ccccc2)c1. The lowest BCUT2D eigenvalue weighted by molar-refractivity contribution is 0.104. The molecule has 0 aliphatic carbocycles. The summed E-state index contributed by atoms with van der Waals surface area (Å²) in [6, 6.07) is 15.8. The molecule has 0 bridgehead atoms. The zero-order valence-corrected chi connectivity index (χ0v) is 19.6. The normalized spacial score (nSPS) is 13.2. The average Bonchev–Trinajstić information content (AvgIpc) is 2.65. The molecule has 2 aromatic rings. The van der Waals surface area contributed by atoms with E-state index in [1.54, 1.807) is 36.4 Å². The molecule has 0 aliphatic heterocycles. The van der Waals surface area contributed by atoms with E-state index < -0.39 is 16.1 Å². The molecule has 30 heavy (non-hydrogen) atoms. The third-order valence-electron chi connectivity index (χ3n) is 4.71. The maximum absolute atomic E-state index is 13.4. The fourth-order valence-corrected chi connectivity index (χ4v) is 5.16. The fourth-order valence-electron chi connectivity index (χ4n) is 3.65. The van der Waals surface area contributed by atoms with Crippen molar-refractivity contribution in [3.05, 3.63) is 60.2 Å². The van der Waals surface area contributed by atoms with Crippen LogP contribution in [0.1, 0.15) is 33.3 Å². The zero-order valence-electron chi connectivity index (χ0n) is 18.8. The maximum Gasteiger partial charge on any atom is 0.264 e. The molecule has 1 atom stereocenters. The molecule has 166 valence electrons. The Bertz CT molecular complexity index is 872. The van der Waals surface area contributed by atoms with E-state index in [9.17, 15) is 13.5 Å². The van der Waals surface area contributed by atoms with E-state index in [0.29, 0.717) is 24.1 Å². The van der Waals surface area contributed by atoms with E-state index in [4.69, 9.17) is 0 Å². The van der Waals surface area contributed by atoms with Gasteiger partial charge in [0.05, 0.1) is 23.2 Å². The Kier molecular flexibility index (Phi) is 8.89. The molecule has 0 saturated carbocycles. The van der Waals surface area contributed by atoms with Gasteiger partial charge in [-0.15, -0.1) is 0 Å². The Morgan fingerprint density at radius 3 is 1.97 bits per heavy atom. The van der Waals surface area contributed by atoms with Crippen LogP contribution in [-0.4, -0.2) is 50.7 Å². The van der Waals surface area contributed by atoms with Crippen LogP contribution in [0.15, 0.2) is 59.5 Å². The van der Waals surface area contributed by atoms with E-state index in [1.165, 1.54) is 4.31 Å². The standard InChI is InChI=1S/C24H36N2O3S/c1-19(2)15-25(16-20(3)4)17-23(27)18-26(22-11-9-10-21(5)14-22)30(28,29)24-12-7-6-8-13-24/h6-14,19-20,23,27H,15-18H2,1-5H3/t23-/m1/s1. The highest BCUT2D eigenvalue weighted by molar-refractivity contribution is 7.92. The summed E-state index contributed by atoms with van der Waals surface area (Å²) in [5.74, 6) is 0.939. The maximum atomic E-state index is 13.4. The Labute approximate surface area is 182 Å². The lowest BCUT2D eigenvalue weighted by Gasteiger charge is -2.31. The second-order valence-electron chi connectivity index (χ2n) is 8.85. The number of anilines is 1. The van der Waals surface area contributed by atoms with Crippen LogP contribution in [0.3, 0.4) is 0 Å². The van der Waals surface area contributed by atoms with Gasteiger partial charge < -0.3 is 10.0 Å². The number of benzene rings is 2. The molecule has 2 rings (SSSR count). The molecule has 0 saturated heterocycles. The average molecular weight is 433 g/mol. The van der Waals surface area contributed by atoms with Crippen molar-refractivity contribution in [1.82, 2.24) is 4.90 Å². The number of aliphatic hydroxyl groups excluding tert-OH is 1. The first-order valence-corrected chi connectivity index (χ1v) is 12.1. The van der Waals surface area contributed by atoms with Crippen LogP contribution in [0, 0.1) is 18.8 Å². The van der Waals surface area contributed by atoms with Crippen molar-refractivity contribution in [2.24, 2.45) is 11.8 Å². The highest BCUT2D eigenvalue weighted by atomic mass is 32.2. The molecule has 0 unspecified atom stereocenters. The first-order valence-electron chi connectivity index (χ1n) is 10.6. The molecule has 0 spiro atoms. The van der Waals surface area contributed by atoms with Crippen molar-refractivity contribution in [1.29, 1.82) is 0 Å². The first-order chi connectivity index (χ1) is 14.1. The predicted octanol–water partition coefficient (Wildman–Crippen LogP) is 4.17. The van der Waals surface area contributed by atoms with E-state index in [0.717, 1.165) is 18.7 Å². The number of nitrogens with zero attached hydrogens (tertiary/aromatic N) is 2. The smallest absolute Gasteiger partial charge is 0.264 e. The van der Waals surface area contributed by atoms with E-state index in [-0.39, 0.29) is 11.4 Å². The van der Waals surface area contributed by atoms with Gasteiger partial charge in [0.2, 0.25) is 0 Å². The summed E-state index contributed by atoms with van der Waals surface area (Å²) in [5.41, 5.74) is 1.54. The van der Waals surface area contributed by atoms with Crippen LogP contribution >= 0.6 is 0 Å². The fraction of sp³-hybridized carbons (Fsp3) is 0.500. The number of hydrogen-bond acceptors (Lipinski definition) is 4. The van der Waals surface area contributed by atoms with Crippen molar-refractivity contribution >= 4 is 15.7 Å². The van der Waals surface area contributed by atoms with Crippen LogP contribution in [0.2, 0.25) is 0 Å². The molecule has 5 nitrogen and oxygen atoms in total. The molecule has 0 radical (unpaired) electrons. The molecule has 1 N–H and O–H groups in total. The Morgan fingerprint density at radius 2 is 1.43 bits per heavy atom. The van der Waals surface area contributed by atoms with Crippen molar-refractivity contribution in [2.75, 3.05) is 30.5 Å². The minimum Gasteiger partial charge on any atom is -0.390 e. The van der Waals surface area contributed by atoms with Crippen LogP contribution < -0.4 is 4.31 Å². The van der Waals surface area contributed by atoms with Crippen molar-refractivity contribution in [2.45, 2.75) is 45.6 Å². The van der Waals surface area contributed by atoms with E-state index in [1.807, 2.05) is 25.1 Å². The summed E-state index contributed by atoms with van der Waals surface area (Å²) in [6.07, 6.45) is -0.804. The van der Waals surface area contributed by atoms with Gasteiger partial charge in [-0.05, 0) is 48.6 Å². The molecular weight excluding hydrogens is 396 g/mol. The summed E-state index contributed by atoms with van der Waals surface area (Å²) >= 11 is 0. The zero-order chi connectivity index (χ0) is 22.3. The highest BCUT2D eigenvalue weighted by Crippen LogP contribution is 2.25. The van der Waals surface area contributed by atoms with Crippen molar-refractivity contribution < 1.29 is 13.5 Å². The molecule has 0 fully saturated rings. The van der Waals surface area contributed by atoms with Gasteiger partial charge in [0.15, 0.2) is 0 Å². The lowest BCUT2D eigenvalue weighted by Crippen LogP contribution is -2.44. The van der Waals surface area contributed by atoms with Gasteiger partial charge >= 0.3 is 0 Å². The summed E-state index contributed by atoms with van der Waals surface area (Å²) in [5, 5.41) is 10.9. The van der Waals surface area contributed by atoms with Gasteiger partial charge in [0.1, 0.15) is 0 Å². The van der Waals surface area contributed by atoms with Crippen LogP contribution in [-0.2, 0) is 10.0 Å². The third kappa shape index (κ3) is 7.11. The van der Waals surface area contributed by atoms with Crippen molar-refractivity contribution in [3.63, 3.8) is 0 Å². The molecule has 6 heteroatoms. The summed E-state index contributed by atoms with van der Waals surface area (Å²) < 4.78 is 28.2. The Hall–Kier alpha value is -1.89. The second kappa shape index (κ2) is 10.9. The largest absolute Gasteiger partial charge is 0.390 e. The van der Waals surface area contributed by atoms with Gasteiger partial charge in [0.25, 0.3) is 10.0 Å². The predicted molar refractivity (Wildman–Crippen MR) is 124 cm³/mol. The Morgan fingerprint density at radius 1 is 0.833 bits per heavy atom. The molecule has 0 aliphatic rings.